The number of rotatable bonds is 15. The Morgan fingerprint density at radius 3 is 2.62 bits per heavy atom. The number of nitrogens with one attached hydrogen (secondary N) is 1. The van der Waals surface area contributed by atoms with Crippen molar-refractivity contribution in [2.75, 3.05) is 37.3 Å². The lowest BCUT2D eigenvalue weighted by Crippen LogP contribution is -2.39. The molecule has 6 nitrogen and oxygen atoms in total. The summed E-state index contributed by atoms with van der Waals surface area (Å²) in [6.07, 6.45) is 5.00. The van der Waals surface area contributed by atoms with Gasteiger partial charge in [0.2, 0.25) is 5.91 Å². The summed E-state index contributed by atoms with van der Waals surface area (Å²) >= 11 is 1.57. The average Bonchev–Trinajstić information content (AvgIpc) is 2.89. The van der Waals surface area contributed by atoms with Crippen LogP contribution in [0.1, 0.15) is 38.3 Å². The molecule has 2 rings (SSSR count). The number of aromatic nitrogens is 1. The van der Waals surface area contributed by atoms with Crippen molar-refractivity contribution in [3.63, 3.8) is 0 Å². The Labute approximate surface area is 227 Å². The van der Waals surface area contributed by atoms with Gasteiger partial charge in [-0.2, -0.15) is 0 Å². The third-order valence-corrected chi connectivity index (χ3v) is 7.60. The number of nitrogens with zero attached hydrogens (tertiary/aromatic N) is 3. The lowest BCUT2D eigenvalue weighted by molar-refractivity contribution is -0.117. The minimum absolute atomic E-state index is 0.186. The lowest BCUT2D eigenvalue weighted by Gasteiger charge is -2.25. The van der Waals surface area contributed by atoms with Crippen molar-refractivity contribution in [1.29, 1.82) is 0 Å². The van der Waals surface area contributed by atoms with Gasteiger partial charge in [-0.3, -0.25) is 9.78 Å². The summed E-state index contributed by atoms with van der Waals surface area (Å²) in [6.45, 7) is 14.7. The number of amides is 1. The van der Waals surface area contributed by atoms with Gasteiger partial charge in [0.1, 0.15) is 16.8 Å². The van der Waals surface area contributed by atoms with Crippen LogP contribution in [0.4, 0.5) is 10.1 Å². The topological polar surface area (TPSA) is 65.5 Å². The van der Waals surface area contributed by atoms with E-state index in [4.69, 9.17) is 0 Å². The maximum Gasteiger partial charge on any atom is 0.242 e. The largest absolute Gasteiger partial charge is 0.374 e. The fourth-order valence-electron chi connectivity index (χ4n) is 3.49. The molecule has 1 heterocycles. The predicted molar refractivity (Wildman–Crippen MR) is 156 cm³/mol. The normalized spacial score (nSPS) is 12.2. The third kappa shape index (κ3) is 9.57. The molecule has 2 aromatic rings. The second kappa shape index (κ2) is 15.5. The molecule has 1 atom stereocenters. The summed E-state index contributed by atoms with van der Waals surface area (Å²) in [4.78, 5) is 21.3. The molecule has 0 saturated heterocycles. The number of halogens is 1. The summed E-state index contributed by atoms with van der Waals surface area (Å²) in [7, 11) is 0.356. The van der Waals surface area contributed by atoms with E-state index in [-0.39, 0.29) is 18.1 Å². The van der Waals surface area contributed by atoms with E-state index in [9.17, 15) is 9.00 Å². The standard InChI is InChI=1S/C28H37FN4O2S2/c1-7-15-33(28(34)19-31-37(35)20-21(3)23(5)36-8-2)27-12-11-25(17-26(27)29)22(4)32(6)16-13-24-10-9-14-30-18-24/h9-12,14,17-18,20,31H,4-5,7-8,13,15-16,19H2,1-3,6H3/b21-20+. The van der Waals surface area contributed by atoms with Crippen LogP contribution in [-0.4, -0.2) is 52.4 Å². The smallest absolute Gasteiger partial charge is 0.242 e. The number of thioether (sulfide) groups is 1. The summed E-state index contributed by atoms with van der Waals surface area (Å²) in [5.74, 6) is 0.00133. The highest BCUT2D eigenvalue weighted by atomic mass is 32.2. The second-order valence-corrected chi connectivity index (χ2v) is 10.9. The number of carbonyl (C=O) groups is 1. The maximum absolute atomic E-state index is 15.2. The molecule has 0 radical (unpaired) electrons. The van der Waals surface area contributed by atoms with Crippen molar-refractivity contribution in [3.8, 4) is 0 Å². The molecular weight excluding hydrogens is 507 g/mol. The Morgan fingerprint density at radius 1 is 1.24 bits per heavy atom. The van der Waals surface area contributed by atoms with E-state index < -0.39 is 16.8 Å². The van der Waals surface area contributed by atoms with Crippen molar-refractivity contribution >= 4 is 40.0 Å². The SMILES string of the molecule is C=C(SCC)/C(C)=C/S(=O)NCC(=O)N(CCC)c1ccc(C(=C)N(C)CCc2cccnc2)cc1F. The quantitative estimate of drug-likeness (QED) is 0.299. The first-order chi connectivity index (χ1) is 17.7. The first-order valence-electron chi connectivity index (χ1n) is 12.2. The number of carbonyl (C=O) groups excluding carboxylic acids is 1. The van der Waals surface area contributed by atoms with Crippen LogP contribution < -0.4 is 9.62 Å². The number of benzene rings is 1. The van der Waals surface area contributed by atoms with Crippen LogP contribution in [-0.2, 0) is 22.2 Å². The zero-order valence-electron chi connectivity index (χ0n) is 22.1. The molecule has 1 unspecified atom stereocenters. The predicted octanol–water partition coefficient (Wildman–Crippen LogP) is 5.53. The highest BCUT2D eigenvalue weighted by Crippen LogP contribution is 2.26. The van der Waals surface area contributed by atoms with Gasteiger partial charge < -0.3 is 9.80 Å². The highest BCUT2D eigenvalue weighted by Gasteiger charge is 2.20. The highest BCUT2D eigenvalue weighted by molar-refractivity contribution is 8.03. The van der Waals surface area contributed by atoms with Gasteiger partial charge in [-0.05, 0) is 54.9 Å². The molecule has 37 heavy (non-hydrogen) atoms. The second-order valence-electron chi connectivity index (χ2n) is 8.47. The summed E-state index contributed by atoms with van der Waals surface area (Å²) in [6, 6.07) is 8.69. The van der Waals surface area contributed by atoms with Crippen LogP contribution in [0, 0.1) is 5.82 Å². The lowest BCUT2D eigenvalue weighted by atomic mass is 10.1. The number of hydrogen-bond donors (Lipinski definition) is 1. The monoisotopic (exact) mass is 544 g/mol. The molecule has 0 bridgehead atoms. The van der Waals surface area contributed by atoms with E-state index in [2.05, 4.69) is 22.9 Å². The van der Waals surface area contributed by atoms with Crippen molar-refractivity contribution in [2.45, 2.75) is 33.6 Å². The number of pyridine rings is 1. The van der Waals surface area contributed by atoms with Gasteiger partial charge in [-0.15, -0.1) is 11.8 Å². The molecule has 1 aromatic carbocycles. The van der Waals surface area contributed by atoms with E-state index >= 15 is 4.39 Å². The van der Waals surface area contributed by atoms with Crippen LogP contribution >= 0.6 is 11.8 Å². The van der Waals surface area contributed by atoms with E-state index in [1.807, 2.05) is 51.0 Å². The number of allylic oxidation sites excluding steroid dienone is 1. The summed E-state index contributed by atoms with van der Waals surface area (Å²) in [5, 5.41) is 1.54. The molecule has 0 spiro atoms. The molecular formula is C28H37FN4O2S2. The Morgan fingerprint density at radius 2 is 2.00 bits per heavy atom. The molecule has 0 aliphatic rings. The van der Waals surface area contributed by atoms with E-state index in [1.165, 1.54) is 16.4 Å². The van der Waals surface area contributed by atoms with Crippen LogP contribution in [0.2, 0.25) is 0 Å². The molecule has 9 heteroatoms. The molecule has 0 aliphatic carbocycles. The Bertz CT molecular complexity index is 1140. The van der Waals surface area contributed by atoms with Crippen LogP contribution in [0.25, 0.3) is 5.70 Å². The summed E-state index contributed by atoms with van der Waals surface area (Å²) < 4.78 is 30.3. The van der Waals surface area contributed by atoms with Gasteiger partial charge in [0.25, 0.3) is 0 Å². The first-order valence-corrected chi connectivity index (χ1v) is 14.4. The van der Waals surface area contributed by atoms with Crippen LogP contribution in [0.15, 0.2) is 71.8 Å². The Kier molecular flexibility index (Phi) is 12.8. The molecule has 1 N–H and O–H groups in total. The summed E-state index contributed by atoms with van der Waals surface area (Å²) in [5.41, 5.74) is 3.42. The minimum Gasteiger partial charge on any atom is -0.374 e. The van der Waals surface area contributed by atoms with Crippen molar-refractivity contribution in [1.82, 2.24) is 14.6 Å². The minimum atomic E-state index is -1.56. The molecule has 0 saturated carbocycles. The molecule has 0 fully saturated rings. The number of likely N-dealkylation sites (N-methyl/N-ethyl adjacent to an activating group) is 1. The van der Waals surface area contributed by atoms with Crippen LogP contribution in [0.5, 0.6) is 0 Å². The molecule has 1 aromatic heterocycles. The molecule has 1 amide bonds. The van der Waals surface area contributed by atoms with Gasteiger partial charge in [0.05, 0.1) is 12.2 Å². The molecule has 0 aliphatic heterocycles. The number of anilines is 1. The van der Waals surface area contributed by atoms with Crippen molar-refractivity contribution < 1.29 is 13.4 Å². The third-order valence-electron chi connectivity index (χ3n) is 5.65. The molecule has 200 valence electrons. The van der Waals surface area contributed by atoms with Crippen molar-refractivity contribution in [3.05, 3.63) is 88.7 Å². The van der Waals surface area contributed by atoms with Crippen LogP contribution in [0.3, 0.4) is 0 Å². The number of hydrogen-bond acceptors (Lipinski definition) is 5. The zero-order valence-corrected chi connectivity index (χ0v) is 23.8. The van der Waals surface area contributed by atoms with Gasteiger partial charge >= 0.3 is 0 Å². The van der Waals surface area contributed by atoms with Gasteiger partial charge in [0, 0.05) is 54.1 Å². The van der Waals surface area contributed by atoms with Gasteiger partial charge in [0.15, 0.2) is 0 Å². The fourth-order valence-corrected chi connectivity index (χ4v) is 5.01. The van der Waals surface area contributed by atoms with Crippen molar-refractivity contribution in [2.24, 2.45) is 0 Å². The Balaban J connectivity index is 2.06. The maximum atomic E-state index is 15.2. The van der Waals surface area contributed by atoms with Gasteiger partial charge in [-0.25, -0.2) is 13.3 Å². The zero-order chi connectivity index (χ0) is 27.4. The average molecular weight is 545 g/mol. The van der Waals surface area contributed by atoms with E-state index in [1.54, 1.807) is 30.1 Å². The van der Waals surface area contributed by atoms with E-state index in [0.29, 0.717) is 30.8 Å². The van der Waals surface area contributed by atoms with E-state index in [0.717, 1.165) is 28.2 Å². The first kappa shape index (κ1) is 30.5. The fraction of sp³-hybridized carbons (Fsp3) is 0.357. The van der Waals surface area contributed by atoms with Gasteiger partial charge in [-0.1, -0.05) is 39.1 Å². The Hall–Kier alpha value is -2.75.